The van der Waals surface area contributed by atoms with Gasteiger partial charge in [0.1, 0.15) is 23.9 Å². The first-order valence-electron chi connectivity index (χ1n) is 14.0. The summed E-state index contributed by atoms with van der Waals surface area (Å²) in [5, 5.41) is 15.8. The average Bonchev–Trinajstić information content (AvgIpc) is 3.51. The van der Waals surface area contributed by atoms with Crippen LogP contribution in [0.25, 0.3) is 28.1 Å². The molecule has 0 spiro atoms. The lowest BCUT2D eigenvalue weighted by Crippen LogP contribution is -2.43. The van der Waals surface area contributed by atoms with Crippen molar-refractivity contribution < 1.29 is 27.1 Å². The molecule has 0 unspecified atom stereocenters. The van der Waals surface area contributed by atoms with E-state index >= 15 is 8.78 Å². The van der Waals surface area contributed by atoms with Crippen LogP contribution in [-0.2, 0) is 0 Å². The van der Waals surface area contributed by atoms with Gasteiger partial charge in [-0.15, -0.1) is 0 Å². The van der Waals surface area contributed by atoms with Gasteiger partial charge in [-0.3, -0.25) is 4.98 Å². The Balaban J connectivity index is 0.000000620. The lowest BCUT2D eigenvalue weighted by Gasteiger charge is -2.29. The number of nitrogens with one attached hydrogen (secondary N) is 2. The van der Waals surface area contributed by atoms with Gasteiger partial charge in [-0.1, -0.05) is 25.6 Å². The first-order valence-corrected chi connectivity index (χ1v) is 14.7. The molecule has 0 saturated carbocycles. The Morgan fingerprint density at radius 2 is 1.73 bits per heavy atom. The van der Waals surface area contributed by atoms with Gasteiger partial charge in [0.25, 0.3) is 0 Å². The van der Waals surface area contributed by atoms with Gasteiger partial charge in [0.2, 0.25) is 6.93 Å². The second-order valence-electron chi connectivity index (χ2n) is 9.55. The number of alkyl halides is 3. The maximum Gasteiger partial charge on any atom is 0.229 e. The largest absolute Gasteiger partial charge is 0.510 e. The van der Waals surface area contributed by atoms with E-state index in [-0.39, 0.29) is 11.6 Å². The van der Waals surface area contributed by atoms with Crippen molar-refractivity contribution >= 4 is 23.5 Å². The van der Waals surface area contributed by atoms with Crippen LogP contribution < -0.4 is 14.9 Å². The van der Waals surface area contributed by atoms with Gasteiger partial charge in [0.15, 0.2) is 5.82 Å². The molecule has 5 rings (SSSR count). The summed E-state index contributed by atoms with van der Waals surface area (Å²) >= 11 is 1.33. The smallest absolute Gasteiger partial charge is 0.229 e. The Morgan fingerprint density at radius 1 is 1.07 bits per heavy atom. The highest BCUT2D eigenvalue weighted by molar-refractivity contribution is 7.98. The van der Waals surface area contributed by atoms with Gasteiger partial charge in [-0.25, -0.2) is 30.9 Å². The molecule has 0 radical (unpaired) electrons. The zero-order chi connectivity index (χ0) is 32.8. The lowest BCUT2D eigenvalue weighted by atomic mass is 10.0. The minimum absolute atomic E-state index is 0.309. The Kier molecular flexibility index (Phi) is 14.1. The summed E-state index contributed by atoms with van der Waals surface area (Å²) in [6.07, 6.45) is 5.10. The third-order valence-corrected chi connectivity index (χ3v) is 7.40. The maximum atomic E-state index is 15.7. The van der Waals surface area contributed by atoms with E-state index in [2.05, 4.69) is 21.6 Å². The SMILES string of the molecule is C=C(O)CF.CCN(C)SNc1cccc(-c2cn(-c3ccc(N4CCNCC4)c(F)c3)nc2-c2ccncc2)c1F.FCF. The number of aliphatic hydroxyl groups excluding tert-OH is 1. The summed E-state index contributed by atoms with van der Waals surface area (Å²) in [4.78, 5) is 6.14. The molecule has 0 aliphatic carbocycles. The number of aliphatic hydroxyl groups is 1. The number of piperazine rings is 1. The van der Waals surface area contributed by atoms with Crippen LogP contribution in [0.15, 0.2) is 79.5 Å². The Hall–Kier alpha value is -4.14. The van der Waals surface area contributed by atoms with Crippen LogP contribution in [0.2, 0.25) is 0 Å². The van der Waals surface area contributed by atoms with Crippen molar-refractivity contribution in [1.82, 2.24) is 24.4 Å². The van der Waals surface area contributed by atoms with Crippen molar-refractivity contribution in [2.75, 3.05) is 63.0 Å². The first-order chi connectivity index (χ1) is 21.7. The van der Waals surface area contributed by atoms with Crippen LogP contribution in [-0.4, -0.2) is 77.6 Å². The highest BCUT2D eigenvalue weighted by Gasteiger charge is 2.20. The Bertz CT molecular complexity index is 1500. The van der Waals surface area contributed by atoms with Crippen LogP contribution in [0, 0.1) is 11.6 Å². The van der Waals surface area contributed by atoms with Gasteiger partial charge >= 0.3 is 0 Å². The maximum absolute atomic E-state index is 15.7. The van der Waals surface area contributed by atoms with Gasteiger partial charge < -0.3 is 20.0 Å². The van der Waals surface area contributed by atoms with E-state index in [9.17, 15) is 13.2 Å². The fourth-order valence-corrected chi connectivity index (χ4v) is 4.78. The minimum Gasteiger partial charge on any atom is -0.510 e. The van der Waals surface area contributed by atoms with Crippen LogP contribution in [0.5, 0.6) is 0 Å². The highest BCUT2D eigenvalue weighted by Crippen LogP contribution is 2.36. The number of hydrogen-bond acceptors (Lipinski definition) is 8. The van der Waals surface area contributed by atoms with Gasteiger partial charge in [-0.05, 0) is 37.4 Å². The molecule has 3 heterocycles. The number of halogens is 5. The molecule has 1 saturated heterocycles. The fourth-order valence-electron chi connectivity index (χ4n) is 4.24. The van der Waals surface area contributed by atoms with E-state index in [4.69, 9.17) is 10.2 Å². The molecular weight excluding hydrogens is 613 g/mol. The molecule has 2 aromatic carbocycles. The Morgan fingerprint density at radius 3 is 2.33 bits per heavy atom. The third kappa shape index (κ3) is 9.93. The number of pyridine rings is 1. The molecule has 2 aromatic heterocycles. The number of allylic oxidation sites excluding steroid dienone is 1. The summed E-state index contributed by atoms with van der Waals surface area (Å²) in [5.74, 6) is -1.10. The molecule has 45 heavy (non-hydrogen) atoms. The predicted octanol–water partition coefficient (Wildman–Crippen LogP) is 7.13. The fraction of sp³-hybridized carbons (Fsp3) is 0.290. The number of rotatable bonds is 9. The summed E-state index contributed by atoms with van der Waals surface area (Å²) in [6.45, 7) is 6.26. The number of benzene rings is 2. The zero-order valence-corrected chi connectivity index (χ0v) is 25.8. The van der Waals surface area contributed by atoms with Gasteiger partial charge in [0, 0.05) is 86.2 Å². The molecule has 1 aliphatic rings. The molecule has 0 bridgehead atoms. The van der Waals surface area contributed by atoms with Crippen molar-refractivity contribution in [1.29, 1.82) is 0 Å². The van der Waals surface area contributed by atoms with Crippen molar-refractivity contribution in [2.45, 2.75) is 6.92 Å². The molecule has 0 amide bonds. The van der Waals surface area contributed by atoms with E-state index in [1.807, 2.05) is 47.4 Å². The highest BCUT2D eigenvalue weighted by atomic mass is 32.2. The molecule has 0 atom stereocenters. The van der Waals surface area contributed by atoms with Gasteiger partial charge in [0.05, 0.1) is 17.1 Å². The molecule has 1 aliphatic heterocycles. The van der Waals surface area contributed by atoms with E-state index in [1.54, 1.807) is 41.5 Å². The predicted molar refractivity (Wildman–Crippen MR) is 172 cm³/mol. The number of anilines is 2. The quantitative estimate of drug-likeness (QED) is 0.100. The first kappa shape index (κ1) is 35.3. The van der Waals surface area contributed by atoms with Crippen LogP contribution in [0.3, 0.4) is 0 Å². The normalized spacial score (nSPS) is 12.6. The molecular formula is C31H36F5N7OS. The molecule has 4 aromatic rings. The van der Waals surface area contributed by atoms with Gasteiger partial charge in [-0.2, -0.15) is 5.10 Å². The second kappa shape index (κ2) is 18.0. The van der Waals surface area contributed by atoms with E-state index < -0.39 is 19.4 Å². The number of hydrogen-bond donors (Lipinski definition) is 3. The standard InChI is InChI=1S/C27H29F2N7S.C3H5FO.CH2F2/c1-3-34(2)37-33-24-6-4-5-21(26(24)29)22-18-36(32-27(22)19-9-11-30-12-10-19)20-7-8-25(23(28)17-20)35-15-13-31-14-16-35;1-3(5)2-4;2-1-3/h4-12,17-18,31,33H,3,13-16H2,1-2H3;5H,1-2H2;1H2. The number of nitrogens with zero attached hydrogens (tertiary/aromatic N) is 5. The zero-order valence-electron chi connectivity index (χ0n) is 25.0. The van der Waals surface area contributed by atoms with Crippen LogP contribution >= 0.6 is 12.1 Å². The summed E-state index contributed by atoms with van der Waals surface area (Å²) in [6, 6.07) is 14.0. The monoisotopic (exact) mass is 649 g/mol. The summed E-state index contributed by atoms with van der Waals surface area (Å²) in [5.41, 5.74) is 3.90. The molecule has 242 valence electrons. The van der Waals surface area contributed by atoms with Crippen molar-refractivity contribution in [3.8, 4) is 28.1 Å². The molecule has 3 N–H and O–H groups in total. The molecule has 1 fully saturated rings. The van der Waals surface area contributed by atoms with Crippen molar-refractivity contribution in [3.05, 3.63) is 91.1 Å². The van der Waals surface area contributed by atoms with Crippen molar-refractivity contribution in [3.63, 3.8) is 0 Å². The number of aromatic nitrogens is 3. The average molecular weight is 650 g/mol. The summed E-state index contributed by atoms with van der Waals surface area (Å²) in [7, 11) is 1.93. The second-order valence-corrected chi connectivity index (χ2v) is 10.6. The van der Waals surface area contributed by atoms with Crippen molar-refractivity contribution in [2.24, 2.45) is 0 Å². The van der Waals surface area contributed by atoms with E-state index in [1.165, 1.54) is 18.2 Å². The van der Waals surface area contributed by atoms with E-state index in [0.717, 1.165) is 38.3 Å². The third-order valence-electron chi connectivity index (χ3n) is 6.52. The summed E-state index contributed by atoms with van der Waals surface area (Å²) < 4.78 is 67.6. The topological polar surface area (TPSA) is 81.5 Å². The molecule has 14 heteroatoms. The molecule has 8 nitrogen and oxygen atoms in total. The lowest BCUT2D eigenvalue weighted by molar-refractivity contribution is 0.295. The van der Waals surface area contributed by atoms with Crippen LogP contribution in [0.4, 0.5) is 33.3 Å². The Labute approximate surface area is 263 Å². The van der Waals surface area contributed by atoms with E-state index in [0.29, 0.717) is 33.9 Å². The minimum atomic E-state index is -1.75. The van der Waals surface area contributed by atoms with Crippen LogP contribution in [0.1, 0.15) is 6.92 Å².